The largest absolute Gasteiger partial charge is 0.399 e. The molecule has 2 heterocycles. The summed E-state index contributed by atoms with van der Waals surface area (Å²) in [4.78, 5) is 4.51. The van der Waals surface area contributed by atoms with Crippen LogP contribution in [0.5, 0.6) is 0 Å². The Morgan fingerprint density at radius 2 is 2.15 bits per heavy atom. The Morgan fingerprint density at radius 1 is 1.35 bits per heavy atom. The third-order valence-corrected chi connectivity index (χ3v) is 6.51. The Morgan fingerprint density at radius 3 is 2.90 bits per heavy atom. The molecule has 106 valence electrons. The number of anilines is 1. The molecule has 1 aromatic heterocycles. The number of nitrogen functional groups attached to an aromatic ring is 1. The molecule has 0 spiro atoms. The molecule has 7 heteroatoms. The molecule has 20 heavy (non-hydrogen) atoms. The van der Waals surface area contributed by atoms with Crippen molar-refractivity contribution in [1.29, 1.82) is 0 Å². The van der Waals surface area contributed by atoms with E-state index in [9.17, 15) is 0 Å². The van der Waals surface area contributed by atoms with Gasteiger partial charge in [0, 0.05) is 22.4 Å². The van der Waals surface area contributed by atoms with Crippen molar-refractivity contribution in [2.24, 2.45) is 0 Å². The van der Waals surface area contributed by atoms with Crippen LogP contribution in [0.25, 0.3) is 11.5 Å². The Labute approximate surface area is 130 Å². The second-order valence-electron chi connectivity index (χ2n) is 4.56. The predicted octanol–water partition coefficient (Wildman–Crippen LogP) is 3.88. The van der Waals surface area contributed by atoms with Crippen LogP contribution < -0.4 is 5.73 Å². The van der Waals surface area contributed by atoms with Crippen molar-refractivity contribution in [2.45, 2.75) is 17.4 Å². The zero-order chi connectivity index (χ0) is 14.1. The lowest BCUT2D eigenvalue weighted by Crippen LogP contribution is -2.16. The minimum Gasteiger partial charge on any atom is -0.399 e. The van der Waals surface area contributed by atoms with Crippen molar-refractivity contribution < 1.29 is 4.52 Å². The first-order valence-electron chi connectivity index (χ1n) is 6.27. The number of halogens is 1. The average molecular weight is 328 g/mol. The highest BCUT2D eigenvalue weighted by Gasteiger charge is 2.28. The summed E-state index contributed by atoms with van der Waals surface area (Å²) in [6, 6.07) is 5.27. The molecule has 1 aliphatic rings. The zero-order valence-electron chi connectivity index (χ0n) is 10.9. The maximum Gasteiger partial charge on any atom is 0.259 e. The van der Waals surface area contributed by atoms with Gasteiger partial charge in [0.05, 0.1) is 15.8 Å². The molecule has 1 aliphatic heterocycles. The standard InChI is InChI=1S/C13H14ClN3OS2/c1-7-11(20-5-4-19-7)12-16-13(18-17-12)9-3-2-8(15)6-10(9)14/h2-3,6-7,11H,4-5,15H2,1H3. The molecule has 1 saturated heterocycles. The van der Waals surface area contributed by atoms with Gasteiger partial charge in [0.1, 0.15) is 0 Å². The lowest BCUT2D eigenvalue weighted by molar-refractivity contribution is 0.422. The molecule has 2 N–H and O–H groups in total. The highest BCUT2D eigenvalue weighted by Crippen LogP contribution is 2.41. The van der Waals surface area contributed by atoms with Gasteiger partial charge in [-0.1, -0.05) is 23.7 Å². The zero-order valence-corrected chi connectivity index (χ0v) is 13.3. The number of nitrogens with zero attached hydrogens (tertiary/aromatic N) is 2. The second kappa shape index (κ2) is 5.87. The van der Waals surface area contributed by atoms with Gasteiger partial charge in [-0.2, -0.15) is 16.7 Å². The van der Waals surface area contributed by atoms with Crippen LogP contribution in [0.1, 0.15) is 18.0 Å². The van der Waals surface area contributed by atoms with E-state index < -0.39 is 0 Å². The van der Waals surface area contributed by atoms with Gasteiger partial charge in [0.2, 0.25) is 0 Å². The molecule has 0 bridgehead atoms. The summed E-state index contributed by atoms with van der Waals surface area (Å²) < 4.78 is 5.36. The van der Waals surface area contributed by atoms with Gasteiger partial charge in [-0.05, 0) is 18.2 Å². The summed E-state index contributed by atoms with van der Waals surface area (Å²) in [5.74, 6) is 3.49. The third-order valence-electron chi connectivity index (χ3n) is 3.11. The van der Waals surface area contributed by atoms with Crippen LogP contribution in [0.2, 0.25) is 5.02 Å². The van der Waals surface area contributed by atoms with Gasteiger partial charge in [-0.3, -0.25) is 0 Å². The number of benzene rings is 1. The topological polar surface area (TPSA) is 64.9 Å². The van der Waals surface area contributed by atoms with Crippen LogP contribution in [0.15, 0.2) is 22.7 Å². The number of aromatic nitrogens is 2. The summed E-state index contributed by atoms with van der Waals surface area (Å²) >= 11 is 10.00. The van der Waals surface area contributed by atoms with E-state index in [2.05, 4.69) is 17.1 Å². The SMILES string of the molecule is CC1SCCSC1c1noc(-c2ccc(N)cc2Cl)n1. The van der Waals surface area contributed by atoms with Crippen LogP contribution in [0, 0.1) is 0 Å². The molecule has 0 saturated carbocycles. The van der Waals surface area contributed by atoms with Gasteiger partial charge >= 0.3 is 0 Å². The second-order valence-corrected chi connectivity index (χ2v) is 7.71. The molecule has 1 aromatic carbocycles. The van der Waals surface area contributed by atoms with E-state index >= 15 is 0 Å². The Kier molecular flexibility index (Phi) is 4.14. The first-order chi connectivity index (χ1) is 9.65. The normalized spacial score (nSPS) is 22.9. The van der Waals surface area contributed by atoms with Crippen molar-refractivity contribution in [3.05, 3.63) is 29.0 Å². The lowest BCUT2D eigenvalue weighted by Gasteiger charge is -2.24. The highest BCUT2D eigenvalue weighted by atomic mass is 35.5. The molecule has 1 fully saturated rings. The number of nitrogens with two attached hydrogens (primary N) is 1. The number of rotatable bonds is 2. The van der Waals surface area contributed by atoms with E-state index in [4.69, 9.17) is 21.9 Å². The average Bonchev–Trinajstić information content (AvgIpc) is 2.88. The smallest absolute Gasteiger partial charge is 0.259 e. The van der Waals surface area contributed by atoms with E-state index in [0.29, 0.717) is 21.9 Å². The summed E-state index contributed by atoms with van der Waals surface area (Å²) in [5.41, 5.74) is 7.03. The van der Waals surface area contributed by atoms with Crippen LogP contribution >= 0.6 is 35.1 Å². The molecule has 0 amide bonds. The molecule has 2 atom stereocenters. The molecule has 0 radical (unpaired) electrons. The van der Waals surface area contributed by atoms with Gasteiger partial charge in [0.25, 0.3) is 5.89 Å². The van der Waals surface area contributed by atoms with E-state index in [1.165, 1.54) is 5.75 Å². The molecule has 3 rings (SSSR count). The van der Waals surface area contributed by atoms with E-state index in [1.807, 2.05) is 23.5 Å². The molecule has 4 nitrogen and oxygen atoms in total. The predicted molar refractivity (Wildman–Crippen MR) is 86.3 cm³/mol. The minimum absolute atomic E-state index is 0.277. The van der Waals surface area contributed by atoms with Crippen molar-refractivity contribution in [3.63, 3.8) is 0 Å². The molecule has 2 aromatic rings. The van der Waals surface area contributed by atoms with Crippen LogP contribution in [-0.2, 0) is 0 Å². The number of hydrogen-bond donors (Lipinski definition) is 1. The fourth-order valence-corrected chi connectivity index (χ4v) is 5.03. The van der Waals surface area contributed by atoms with Gasteiger partial charge in [-0.25, -0.2) is 0 Å². The summed E-state index contributed by atoms with van der Waals surface area (Å²) in [7, 11) is 0. The maximum absolute atomic E-state index is 6.17. The maximum atomic E-state index is 6.17. The molecular formula is C13H14ClN3OS2. The molecule has 2 unspecified atom stereocenters. The summed E-state index contributed by atoms with van der Waals surface area (Å²) in [6.07, 6.45) is 0. The van der Waals surface area contributed by atoms with E-state index in [0.717, 1.165) is 17.1 Å². The highest BCUT2D eigenvalue weighted by molar-refractivity contribution is 8.06. The molecular weight excluding hydrogens is 314 g/mol. The number of thioether (sulfide) groups is 2. The van der Waals surface area contributed by atoms with Crippen LogP contribution in [0.3, 0.4) is 0 Å². The van der Waals surface area contributed by atoms with Gasteiger partial charge < -0.3 is 10.3 Å². The fraction of sp³-hybridized carbons (Fsp3) is 0.385. The van der Waals surface area contributed by atoms with E-state index in [-0.39, 0.29) is 5.25 Å². The monoisotopic (exact) mass is 327 g/mol. The number of hydrogen-bond acceptors (Lipinski definition) is 6. The van der Waals surface area contributed by atoms with Crippen molar-refractivity contribution >= 4 is 40.8 Å². The van der Waals surface area contributed by atoms with E-state index in [1.54, 1.807) is 18.2 Å². The summed E-state index contributed by atoms with van der Waals surface area (Å²) in [5, 5.41) is 5.41. The fourth-order valence-electron chi connectivity index (χ4n) is 2.08. The minimum atomic E-state index is 0.277. The first-order valence-corrected chi connectivity index (χ1v) is 8.75. The Hall–Kier alpha value is -0.850. The van der Waals surface area contributed by atoms with Crippen molar-refractivity contribution in [3.8, 4) is 11.5 Å². The quantitative estimate of drug-likeness (QED) is 0.844. The third kappa shape index (κ3) is 2.77. The summed E-state index contributed by atoms with van der Waals surface area (Å²) in [6.45, 7) is 2.20. The van der Waals surface area contributed by atoms with Crippen LogP contribution in [0.4, 0.5) is 5.69 Å². The van der Waals surface area contributed by atoms with Crippen molar-refractivity contribution in [1.82, 2.24) is 10.1 Å². The first kappa shape index (κ1) is 14.1. The Balaban J connectivity index is 1.89. The lowest BCUT2D eigenvalue weighted by atomic mass is 10.2. The Bertz CT molecular complexity index is 619. The van der Waals surface area contributed by atoms with Crippen molar-refractivity contribution in [2.75, 3.05) is 17.2 Å². The van der Waals surface area contributed by atoms with Gasteiger partial charge in [-0.15, -0.1) is 11.8 Å². The molecule has 0 aliphatic carbocycles. The van der Waals surface area contributed by atoms with Crippen LogP contribution in [-0.4, -0.2) is 26.9 Å². The van der Waals surface area contributed by atoms with Gasteiger partial charge in [0.15, 0.2) is 5.82 Å².